The first-order valence-corrected chi connectivity index (χ1v) is 35.8. The van der Waals surface area contributed by atoms with E-state index in [9.17, 15) is 0 Å². The predicted molar refractivity (Wildman–Crippen MR) is 372 cm³/mol. The highest BCUT2D eigenvalue weighted by atomic mass is 32.2. The van der Waals surface area contributed by atoms with Gasteiger partial charge < -0.3 is 15.1 Å². The van der Waals surface area contributed by atoms with Crippen LogP contribution in [0.3, 0.4) is 0 Å². The van der Waals surface area contributed by atoms with E-state index in [4.69, 9.17) is 0 Å². The normalized spacial score (nSPS) is 14.5. The Morgan fingerprint density at radius 2 is 0.765 bits per heavy atom. The number of fused-ring (bicyclic) bond motifs is 16. The molecule has 17 heteroatoms. The molecule has 9 aromatic carbocycles. The first-order chi connectivity index (χ1) is 39.9. The molecule has 6 aliphatic heterocycles. The minimum absolute atomic E-state index is 0.00482. The van der Waals surface area contributed by atoms with Gasteiger partial charge in [0.15, 0.2) is 0 Å². The van der Waals surface area contributed by atoms with E-state index in [1.807, 2.05) is 93.8 Å². The van der Waals surface area contributed by atoms with E-state index in [0.29, 0.717) is 0 Å². The number of hydrogen-bond acceptors (Lipinski definition) is 14. The van der Waals surface area contributed by atoms with Gasteiger partial charge in [0.2, 0.25) is 0 Å². The number of nitrogens with zero attached hydrogens (tertiary/aromatic N) is 5. The first-order valence-electron chi connectivity index (χ1n) is 27.0. The summed E-state index contributed by atoms with van der Waals surface area (Å²) in [6, 6.07) is 65.4. The van der Waals surface area contributed by atoms with Crippen molar-refractivity contribution in [2.24, 2.45) is 0 Å². The lowest BCUT2D eigenvalue weighted by Crippen LogP contribution is -2.66. The lowest BCUT2D eigenvalue weighted by molar-refractivity contribution is 1.27. The molecule has 6 nitrogen and oxygen atoms in total. The van der Waals surface area contributed by atoms with Gasteiger partial charge in [0.25, 0.3) is 20.1 Å². The lowest BCUT2D eigenvalue weighted by Gasteiger charge is -2.46. The van der Waals surface area contributed by atoms with Crippen LogP contribution < -0.4 is 75.8 Å². The summed E-state index contributed by atoms with van der Waals surface area (Å²) in [5.41, 5.74) is 26.9. The van der Waals surface area contributed by atoms with Gasteiger partial charge in [-0.3, -0.25) is 12.9 Å². The molecule has 0 atom stereocenters. The molecule has 0 spiro atoms. The standard InChI is InChI=1S/C64H47B3N6S8/c1-74-37-25-47-58-51(26-37)69(35-17-9-7-10-18-35)61-40-21-13-15-23-56(40)80-63(61)66(58)42-31-43-48(33-46(42)68-47)71(77-4)54-29-39(76-3)30-55-60(54)65(43)44-32-45-50(34-49(44)72(55)78-5)73(79-6)53-28-38(75-2)27-52-59(53)67(45)64-62(41-22-14-16-24-57(41)81-64)70(52)36-19-11-8-12-20-36/h7-34,68H,1-6H3. The third kappa shape index (κ3) is 6.89. The minimum atomic E-state index is -0.0573. The summed E-state index contributed by atoms with van der Waals surface area (Å²) >= 11 is 14.9. The van der Waals surface area contributed by atoms with E-state index in [0.717, 1.165) is 0 Å². The number of anilines is 14. The van der Waals surface area contributed by atoms with Crippen LogP contribution in [0.2, 0.25) is 0 Å². The van der Waals surface area contributed by atoms with Crippen LogP contribution in [0.15, 0.2) is 185 Å². The zero-order valence-electron chi connectivity index (χ0n) is 44.9. The Hall–Kier alpha value is -6.01. The number of benzene rings is 9. The minimum Gasteiger partial charge on any atom is -0.356 e. The smallest absolute Gasteiger partial charge is 0.264 e. The molecular formula is C64H47B3N6S8. The van der Waals surface area contributed by atoms with Gasteiger partial charge in [-0.1, -0.05) is 84.9 Å². The summed E-state index contributed by atoms with van der Waals surface area (Å²) in [5, 5.41) is 6.75. The average molecular weight is 1190 g/mol. The van der Waals surface area contributed by atoms with E-state index in [1.54, 1.807) is 0 Å². The molecule has 81 heavy (non-hydrogen) atoms. The fraction of sp³-hybridized carbons (Fsp3) is 0.0938. The molecule has 17 rings (SSSR count). The molecule has 0 saturated carbocycles. The summed E-state index contributed by atoms with van der Waals surface area (Å²) in [5.74, 6) is 0. The second-order valence-corrected chi connectivity index (χ2v) is 28.1. The maximum Gasteiger partial charge on any atom is 0.264 e. The molecule has 0 saturated heterocycles. The van der Waals surface area contributed by atoms with E-state index in [1.165, 1.54) is 162 Å². The van der Waals surface area contributed by atoms with Gasteiger partial charge in [-0.05, 0) is 178 Å². The van der Waals surface area contributed by atoms with Gasteiger partial charge in [-0.15, -0.1) is 58.0 Å². The van der Waals surface area contributed by atoms with Crippen molar-refractivity contribution in [1.29, 1.82) is 0 Å². The highest BCUT2D eigenvalue weighted by Crippen LogP contribution is 2.52. The molecule has 0 bridgehead atoms. The Morgan fingerprint density at radius 3 is 1.27 bits per heavy atom. The zero-order valence-corrected chi connectivity index (χ0v) is 51.4. The maximum atomic E-state index is 4.16. The fourth-order valence-corrected chi connectivity index (χ4v) is 20.3. The summed E-state index contributed by atoms with van der Waals surface area (Å²) in [6.07, 6.45) is 13.4. The lowest BCUT2D eigenvalue weighted by atomic mass is 9.30. The molecule has 0 radical (unpaired) electrons. The second kappa shape index (κ2) is 18.8. The van der Waals surface area contributed by atoms with Crippen molar-refractivity contribution in [3.8, 4) is 0 Å². The average Bonchev–Trinajstić information content (AvgIpc) is 4.34. The van der Waals surface area contributed by atoms with Gasteiger partial charge in [-0.2, -0.15) is 0 Å². The van der Waals surface area contributed by atoms with Gasteiger partial charge in [0, 0.05) is 114 Å². The van der Waals surface area contributed by atoms with Crippen LogP contribution in [0, 0.1) is 0 Å². The molecule has 11 aromatic rings. The Kier molecular flexibility index (Phi) is 11.5. The Balaban J connectivity index is 0.945. The summed E-state index contributed by atoms with van der Waals surface area (Å²) in [7, 11) is 0. The van der Waals surface area contributed by atoms with Crippen LogP contribution in [0.5, 0.6) is 0 Å². The number of hydrogen-bond donors (Lipinski definition) is 1. The molecule has 0 amide bonds. The molecule has 0 aliphatic carbocycles. The third-order valence-electron chi connectivity index (χ3n) is 17.3. The fourth-order valence-electron chi connectivity index (χ4n) is 14.2. The van der Waals surface area contributed by atoms with Gasteiger partial charge in [0.1, 0.15) is 0 Å². The van der Waals surface area contributed by atoms with Crippen molar-refractivity contribution in [3.63, 3.8) is 0 Å². The quantitative estimate of drug-likeness (QED) is 0.0893. The van der Waals surface area contributed by atoms with Crippen LogP contribution >= 0.6 is 93.8 Å². The van der Waals surface area contributed by atoms with Crippen LogP contribution in [-0.4, -0.2) is 57.7 Å². The van der Waals surface area contributed by atoms with Crippen molar-refractivity contribution in [3.05, 3.63) is 170 Å². The highest BCUT2D eigenvalue weighted by molar-refractivity contribution is 8.01. The molecule has 6 aliphatic rings. The largest absolute Gasteiger partial charge is 0.356 e. The Labute approximate surface area is 507 Å². The monoisotopic (exact) mass is 1190 g/mol. The Bertz CT molecular complexity index is 4520. The van der Waals surface area contributed by atoms with Gasteiger partial charge in [0.05, 0.1) is 28.4 Å². The zero-order chi connectivity index (χ0) is 54.1. The van der Waals surface area contributed by atoms with Crippen molar-refractivity contribution < 1.29 is 0 Å². The molecule has 1 N–H and O–H groups in total. The van der Waals surface area contributed by atoms with E-state index in [-0.39, 0.29) is 20.1 Å². The van der Waals surface area contributed by atoms with Gasteiger partial charge in [-0.25, -0.2) is 0 Å². The highest BCUT2D eigenvalue weighted by Gasteiger charge is 2.51. The van der Waals surface area contributed by atoms with Crippen molar-refractivity contribution >= 4 is 262 Å². The molecule has 390 valence electrons. The van der Waals surface area contributed by atoms with Crippen molar-refractivity contribution in [2.45, 2.75) is 14.7 Å². The molecular weight excluding hydrogens is 1140 g/mol. The summed E-state index contributed by atoms with van der Waals surface area (Å²) < 4.78 is 13.1. The number of thiophene rings is 2. The van der Waals surface area contributed by atoms with Crippen molar-refractivity contribution in [1.82, 2.24) is 0 Å². The van der Waals surface area contributed by atoms with Crippen LogP contribution in [0.25, 0.3) is 20.2 Å². The van der Waals surface area contributed by atoms with E-state index < -0.39 is 0 Å². The number of rotatable bonds is 8. The van der Waals surface area contributed by atoms with Crippen LogP contribution in [0.4, 0.5) is 79.6 Å². The number of thioether (sulfide) groups is 3. The third-order valence-corrected chi connectivity index (χ3v) is 24.2. The molecule has 8 heterocycles. The van der Waals surface area contributed by atoms with E-state index >= 15 is 0 Å². The predicted octanol–water partition coefficient (Wildman–Crippen LogP) is 13.6. The topological polar surface area (TPSA) is 28.2 Å². The Morgan fingerprint density at radius 1 is 0.358 bits per heavy atom. The number of para-hydroxylation sites is 2. The number of nitrogens with one attached hydrogen (secondary N) is 1. The first kappa shape index (κ1) is 49.6. The summed E-state index contributed by atoms with van der Waals surface area (Å²) in [6.45, 7) is -0.0442. The van der Waals surface area contributed by atoms with E-state index in [2.05, 4.69) is 235 Å². The molecule has 2 aromatic heterocycles. The SMILES string of the molecule is CSc1cc2c3c(c1)N(SC)c1cc4c(cc1B3c1cc3c(cc1N2SC)Nc1cc(SC)cc2c1B3c1sc3ccccc3c1N2c1ccccc1)B1c2sc3ccccc3c2N(c2ccccc2)c2cc(SC)cc(c21)N4SC. The van der Waals surface area contributed by atoms with Crippen molar-refractivity contribution in [2.75, 3.05) is 65.6 Å². The maximum absolute atomic E-state index is 4.16. The van der Waals surface area contributed by atoms with Crippen LogP contribution in [0.1, 0.15) is 0 Å². The second-order valence-electron chi connectivity index (χ2n) is 21.1. The van der Waals surface area contributed by atoms with Gasteiger partial charge >= 0.3 is 0 Å². The molecule has 0 unspecified atom stereocenters. The molecule has 0 fully saturated rings. The summed E-state index contributed by atoms with van der Waals surface area (Å²) in [4.78, 5) is 8.89. The van der Waals surface area contributed by atoms with Crippen LogP contribution in [-0.2, 0) is 0 Å².